The minimum absolute atomic E-state index is 0.0560. The van der Waals surface area contributed by atoms with Crippen molar-refractivity contribution in [3.05, 3.63) is 12.7 Å². The predicted molar refractivity (Wildman–Crippen MR) is 66.4 cm³/mol. The van der Waals surface area contributed by atoms with Crippen LogP contribution in [0.25, 0.3) is 11.2 Å². The van der Waals surface area contributed by atoms with Gasteiger partial charge in [0.1, 0.15) is 18.1 Å². The number of nitrogens with zero attached hydrogens (tertiary/aromatic N) is 4. The van der Waals surface area contributed by atoms with Gasteiger partial charge in [0, 0.05) is 7.05 Å². The summed E-state index contributed by atoms with van der Waals surface area (Å²) in [5.74, 6) is 0.484. The highest BCUT2D eigenvalue weighted by Crippen LogP contribution is 2.38. The third-order valence-corrected chi connectivity index (χ3v) is 3.42. The molecule has 1 aliphatic rings. The third-order valence-electron chi connectivity index (χ3n) is 3.42. The molecule has 8 nitrogen and oxygen atoms in total. The quantitative estimate of drug-likeness (QED) is 0.675. The van der Waals surface area contributed by atoms with Gasteiger partial charge in [0.25, 0.3) is 0 Å². The molecule has 1 saturated heterocycles. The van der Waals surface area contributed by atoms with Crippen LogP contribution in [0.3, 0.4) is 0 Å². The second-order valence-corrected chi connectivity index (χ2v) is 4.39. The van der Waals surface area contributed by atoms with Crippen molar-refractivity contribution < 1.29 is 14.9 Å². The highest BCUT2D eigenvalue weighted by Gasteiger charge is 2.43. The van der Waals surface area contributed by atoms with Gasteiger partial charge in [-0.3, -0.25) is 4.57 Å². The van der Waals surface area contributed by atoms with Gasteiger partial charge in [0.2, 0.25) is 0 Å². The smallest absolute Gasteiger partial charge is 0.167 e. The molecular weight excluding hydrogens is 250 g/mol. The molecule has 1 fully saturated rings. The van der Waals surface area contributed by atoms with E-state index in [2.05, 4.69) is 20.3 Å². The summed E-state index contributed by atoms with van der Waals surface area (Å²) in [4.78, 5) is 12.5. The number of hydrogen-bond donors (Lipinski definition) is 3. The first-order chi connectivity index (χ1) is 9.30. The first-order valence-electron chi connectivity index (χ1n) is 6.02. The molecule has 0 aliphatic carbocycles. The fourth-order valence-electron chi connectivity index (χ4n) is 2.35. The molecule has 3 heterocycles. The van der Waals surface area contributed by atoms with Crippen molar-refractivity contribution in [1.29, 1.82) is 0 Å². The van der Waals surface area contributed by atoms with E-state index in [0.717, 1.165) is 0 Å². The Morgan fingerprint density at radius 2 is 2.16 bits per heavy atom. The fraction of sp³-hybridized carbons (Fsp3) is 0.545. The first-order valence-corrected chi connectivity index (χ1v) is 6.02. The lowest BCUT2D eigenvalue weighted by molar-refractivity contribution is -0.243. The summed E-state index contributed by atoms with van der Waals surface area (Å²) in [5.41, 5.74) is 1.29. The lowest BCUT2D eigenvalue weighted by atomic mass is 9.95. The number of ether oxygens (including phenoxy) is 1. The monoisotopic (exact) mass is 265 g/mol. The van der Waals surface area contributed by atoms with Gasteiger partial charge in [-0.05, 0) is 0 Å². The number of nitrogens with one attached hydrogen (secondary N) is 1. The van der Waals surface area contributed by atoms with Crippen molar-refractivity contribution >= 4 is 17.0 Å². The van der Waals surface area contributed by atoms with Crippen LogP contribution in [0.4, 0.5) is 5.82 Å². The van der Waals surface area contributed by atoms with E-state index in [4.69, 9.17) is 9.84 Å². The maximum Gasteiger partial charge on any atom is 0.167 e. The maximum absolute atomic E-state index is 9.36. The van der Waals surface area contributed by atoms with E-state index in [1.54, 1.807) is 17.9 Å². The number of aliphatic hydroxyl groups is 2. The Bertz CT molecular complexity index is 587. The second-order valence-electron chi connectivity index (χ2n) is 4.39. The Hall–Kier alpha value is -1.77. The van der Waals surface area contributed by atoms with E-state index < -0.39 is 0 Å². The van der Waals surface area contributed by atoms with Gasteiger partial charge in [-0.2, -0.15) is 0 Å². The number of fused-ring (bicyclic) bond motifs is 1. The zero-order valence-electron chi connectivity index (χ0n) is 10.4. The minimum atomic E-state index is -0.355. The fourth-order valence-corrected chi connectivity index (χ4v) is 2.35. The average Bonchev–Trinajstić information content (AvgIpc) is 2.82. The summed E-state index contributed by atoms with van der Waals surface area (Å²) in [6.45, 7) is -0.162. The molecule has 3 rings (SSSR count). The van der Waals surface area contributed by atoms with Gasteiger partial charge >= 0.3 is 0 Å². The molecule has 3 N–H and O–H groups in total. The number of aliphatic hydroxyl groups excluding tert-OH is 2. The number of aromatic nitrogens is 4. The van der Waals surface area contributed by atoms with Crippen molar-refractivity contribution in [2.45, 2.75) is 12.3 Å². The molecule has 1 aliphatic heterocycles. The zero-order valence-corrected chi connectivity index (χ0v) is 10.4. The normalized spacial score (nSPS) is 26.4. The van der Waals surface area contributed by atoms with E-state index in [0.29, 0.717) is 17.0 Å². The molecule has 19 heavy (non-hydrogen) atoms. The third kappa shape index (κ3) is 1.76. The zero-order chi connectivity index (χ0) is 13.4. The van der Waals surface area contributed by atoms with Gasteiger partial charge in [-0.15, -0.1) is 0 Å². The van der Waals surface area contributed by atoms with Crippen molar-refractivity contribution in [3.8, 4) is 0 Å². The first kappa shape index (κ1) is 12.3. The van der Waals surface area contributed by atoms with Crippen LogP contribution < -0.4 is 5.32 Å². The number of hydrogen-bond acceptors (Lipinski definition) is 7. The molecule has 3 atom stereocenters. The molecule has 0 spiro atoms. The van der Waals surface area contributed by atoms with E-state index in [1.807, 2.05) is 0 Å². The van der Waals surface area contributed by atoms with E-state index in [9.17, 15) is 5.11 Å². The molecular formula is C11H15N5O3. The lowest BCUT2D eigenvalue weighted by Crippen LogP contribution is -2.49. The summed E-state index contributed by atoms with van der Waals surface area (Å²) in [6.07, 6.45) is 2.37. The molecule has 2 aromatic heterocycles. The van der Waals surface area contributed by atoms with Crippen LogP contribution in [0.2, 0.25) is 0 Å². The standard InChI is InChI=1S/C11H15N5O3/c1-12-9-8-10(14-4-13-9)16(5-15-8)11-6(2-17)7(3-18)19-11/h4-7,11,17-18H,2-3H2,1H3,(H,12,13,14). The van der Waals surface area contributed by atoms with Crippen LogP contribution in [0.15, 0.2) is 12.7 Å². The van der Waals surface area contributed by atoms with Gasteiger partial charge < -0.3 is 20.3 Å². The van der Waals surface area contributed by atoms with E-state index in [1.165, 1.54) is 6.33 Å². The summed E-state index contributed by atoms with van der Waals surface area (Å²) in [5, 5.41) is 21.4. The average molecular weight is 265 g/mol. The topological polar surface area (TPSA) is 105 Å². The maximum atomic E-state index is 9.36. The van der Waals surface area contributed by atoms with Crippen molar-refractivity contribution in [1.82, 2.24) is 19.5 Å². The SMILES string of the molecule is CNc1ncnc2c1ncn2C1OC(CO)C1CO. The van der Waals surface area contributed by atoms with Crippen LogP contribution >= 0.6 is 0 Å². The minimum Gasteiger partial charge on any atom is -0.396 e. The van der Waals surface area contributed by atoms with E-state index >= 15 is 0 Å². The van der Waals surface area contributed by atoms with Crippen LogP contribution in [0, 0.1) is 5.92 Å². The predicted octanol–water partition coefficient (Wildman–Crippen LogP) is -0.634. The lowest BCUT2D eigenvalue weighted by Gasteiger charge is -2.43. The molecule has 8 heteroatoms. The molecule has 3 unspecified atom stereocenters. The van der Waals surface area contributed by atoms with Gasteiger partial charge in [-0.25, -0.2) is 15.0 Å². The Balaban J connectivity index is 1.98. The molecule has 0 radical (unpaired) electrons. The van der Waals surface area contributed by atoms with Crippen LogP contribution in [0.1, 0.15) is 6.23 Å². The molecule has 2 aromatic rings. The number of rotatable bonds is 4. The van der Waals surface area contributed by atoms with Gasteiger partial charge in [0.15, 0.2) is 11.5 Å². The molecule has 0 saturated carbocycles. The van der Waals surface area contributed by atoms with Gasteiger partial charge in [0.05, 0.1) is 31.6 Å². The van der Waals surface area contributed by atoms with Crippen molar-refractivity contribution in [3.63, 3.8) is 0 Å². The van der Waals surface area contributed by atoms with Gasteiger partial charge in [-0.1, -0.05) is 0 Å². The summed E-state index contributed by atoms with van der Waals surface area (Å²) < 4.78 is 7.30. The molecule has 0 amide bonds. The van der Waals surface area contributed by atoms with E-state index in [-0.39, 0.29) is 31.5 Å². The summed E-state index contributed by atoms with van der Waals surface area (Å²) >= 11 is 0. The Morgan fingerprint density at radius 1 is 1.32 bits per heavy atom. The Labute approximate surface area is 109 Å². The molecule has 102 valence electrons. The van der Waals surface area contributed by atoms with Crippen LogP contribution in [-0.2, 0) is 4.74 Å². The number of imidazole rings is 1. The Kier molecular flexibility index (Phi) is 3.05. The summed E-state index contributed by atoms with van der Waals surface area (Å²) in [6, 6.07) is 0. The highest BCUT2D eigenvalue weighted by molar-refractivity contribution is 5.82. The molecule has 0 bridgehead atoms. The largest absolute Gasteiger partial charge is 0.396 e. The molecule has 0 aromatic carbocycles. The van der Waals surface area contributed by atoms with Crippen LogP contribution in [-0.4, -0.2) is 56.1 Å². The van der Waals surface area contributed by atoms with Crippen LogP contribution in [0.5, 0.6) is 0 Å². The van der Waals surface area contributed by atoms with Crippen molar-refractivity contribution in [2.75, 3.05) is 25.6 Å². The second kappa shape index (κ2) is 4.72. The van der Waals surface area contributed by atoms with Crippen molar-refractivity contribution in [2.24, 2.45) is 5.92 Å². The highest BCUT2D eigenvalue weighted by atomic mass is 16.5. The summed E-state index contributed by atoms with van der Waals surface area (Å²) in [7, 11) is 1.76. The Morgan fingerprint density at radius 3 is 2.84 bits per heavy atom. The number of anilines is 1.